The maximum Gasteiger partial charge on any atom is 0.153 e. The first-order chi connectivity index (χ1) is 11.1. The van der Waals surface area contributed by atoms with Gasteiger partial charge in [-0.25, -0.2) is 4.39 Å². The van der Waals surface area contributed by atoms with E-state index < -0.39 is 0 Å². The molecule has 1 aromatic carbocycles. The van der Waals surface area contributed by atoms with E-state index in [1.54, 1.807) is 12.1 Å². The lowest BCUT2D eigenvalue weighted by molar-refractivity contribution is 0.579. The van der Waals surface area contributed by atoms with E-state index in [4.69, 9.17) is 4.42 Å². The molecule has 4 aromatic rings. The maximum absolute atomic E-state index is 13.8. The van der Waals surface area contributed by atoms with Gasteiger partial charge in [-0.1, -0.05) is 30.0 Å². The van der Waals surface area contributed by atoms with Crippen LogP contribution in [0.4, 0.5) is 4.39 Å². The summed E-state index contributed by atoms with van der Waals surface area (Å²) in [6.45, 7) is 3.83. The third-order valence-electron chi connectivity index (χ3n) is 3.76. The highest BCUT2D eigenvalue weighted by Crippen LogP contribution is 2.31. The molecule has 0 spiro atoms. The highest BCUT2D eigenvalue weighted by molar-refractivity contribution is 7.98. The molecule has 0 aliphatic heterocycles. The van der Waals surface area contributed by atoms with Crippen LogP contribution in [0, 0.1) is 19.7 Å². The molecule has 0 N–H and O–H groups in total. The molecule has 3 aromatic heterocycles. The Kier molecular flexibility index (Phi) is 3.34. The normalized spacial score (nSPS) is 11.6. The number of nitrogens with zero attached hydrogens (tertiary/aromatic N) is 3. The zero-order valence-electron chi connectivity index (χ0n) is 12.7. The lowest BCUT2D eigenvalue weighted by Gasteiger charge is -2.06. The quantitative estimate of drug-likeness (QED) is 0.519. The second-order valence-electron chi connectivity index (χ2n) is 5.40. The molecule has 0 amide bonds. The largest absolute Gasteiger partial charge is 0.460 e. The smallest absolute Gasteiger partial charge is 0.153 e. The van der Waals surface area contributed by atoms with Gasteiger partial charge in [0.25, 0.3) is 0 Å². The third-order valence-corrected chi connectivity index (χ3v) is 4.78. The zero-order valence-corrected chi connectivity index (χ0v) is 13.5. The van der Waals surface area contributed by atoms with Crippen molar-refractivity contribution < 1.29 is 8.81 Å². The minimum absolute atomic E-state index is 0.198. The molecule has 4 rings (SSSR count). The Bertz CT molecular complexity index is 1020. The zero-order chi connectivity index (χ0) is 16.0. The number of hydrogen-bond donors (Lipinski definition) is 0. The molecule has 116 valence electrons. The molecule has 6 heteroatoms. The van der Waals surface area contributed by atoms with Gasteiger partial charge in [0.1, 0.15) is 22.4 Å². The van der Waals surface area contributed by atoms with Gasteiger partial charge in [-0.3, -0.25) is 4.40 Å². The van der Waals surface area contributed by atoms with Gasteiger partial charge < -0.3 is 4.42 Å². The van der Waals surface area contributed by atoms with Crippen LogP contribution in [-0.4, -0.2) is 14.6 Å². The molecule has 0 atom stereocenters. The van der Waals surface area contributed by atoms with Gasteiger partial charge in [0, 0.05) is 17.9 Å². The molecular formula is C17H14FN3OS. The molecule has 0 aliphatic rings. The SMILES string of the molecule is Cc1cc2c(cc3c(SCc4ccccc4F)nnc(C)n32)o1. The van der Waals surface area contributed by atoms with Crippen molar-refractivity contribution in [2.75, 3.05) is 0 Å². The molecule has 0 saturated heterocycles. The number of rotatable bonds is 3. The Morgan fingerprint density at radius 3 is 2.78 bits per heavy atom. The molecule has 0 unspecified atom stereocenters. The van der Waals surface area contributed by atoms with Crippen molar-refractivity contribution in [3.05, 3.63) is 59.4 Å². The van der Waals surface area contributed by atoms with E-state index in [-0.39, 0.29) is 5.82 Å². The van der Waals surface area contributed by atoms with E-state index in [0.717, 1.165) is 33.2 Å². The van der Waals surface area contributed by atoms with Crippen LogP contribution < -0.4 is 0 Å². The van der Waals surface area contributed by atoms with E-state index in [9.17, 15) is 4.39 Å². The van der Waals surface area contributed by atoms with Crippen molar-refractivity contribution in [2.45, 2.75) is 24.6 Å². The van der Waals surface area contributed by atoms with Gasteiger partial charge in [0.2, 0.25) is 0 Å². The molecule has 0 saturated carbocycles. The van der Waals surface area contributed by atoms with Crippen LogP contribution in [0.2, 0.25) is 0 Å². The van der Waals surface area contributed by atoms with Crippen LogP contribution >= 0.6 is 11.8 Å². The fourth-order valence-corrected chi connectivity index (χ4v) is 3.62. The monoisotopic (exact) mass is 327 g/mol. The average molecular weight is 327 g/mol. The Morgan fingerprint density at radius 1 is 1.13 bits per heavy atom. The molecule has 4 nitrogen and oxygen atoms in total. The van der Waals surface area contributed by atoms with Gasteiger partial charge in [-0.15, -0.1) is 10.2 Å². The van der Waals surface area contributed by atoms with Crippen LogP contribution in [0.3, 0.4) is 0 Å². The minimum Gasteiger partial charge on any atom is -0.460 e. The van der Waals surface area contributed by atoms with Crippen molar-refractivity contribution in [2.24, 2.45) is 0 Å². The maximum atomic E-state index is 13.8. The summed E-state index contributed by atoms with van der Waals surface area (Å²) in [6, 6.07) is 10.7. The molecule has 3 heterocycles. The average Bonchev–Trinajstić information content (AvgIpc) is 3.04. The molecule has 23 heavy (non-hydrogen) atoms. The summed E-state index contributed by atoms with van der Waals surface area (Å²) < 4.78 is 21.5. The Labute approximate surface area is 136 Å². The molecule has 0 radical (unpaired) electrons. The predicted molar refractivity (Wildman–Crippen MR) is 88.2 cm³/mol. The summed E-state index contributed by atoms with van der Waals surface area (Å²) in [5.74, 6) is 1.97. The highest BCUT2D eigenvalue weighted by Gasteiger charge is 2.15. The van der Waals surface area contributed by atoms with Crippen LogP contribution in [-0.2, 0) is 5.75 Å². The van der Waals surface area contributed by atoms with Crippen molar-refractivity contribution in [3.63, 3.8) is 0 Å². The van der Waals surface area contributed by atoms with Gasteiger partial charge >= 0.3 is 0 Å². The number of hydrogen-bond acceptors (Lipinski definition) is 4. The summed E-state index contributed by atoms with van der Waals surface area (Å²) in [5, 5.41) is 9.27. The summed E-state index contributed by atoms with van der Waals surface area (Å²) in [5.41, 5.74) is 3.39. The lowest BCUT2D eigenvalue weighted by atomic mass is 10.2. The number of fused-ring (bicyclic) bond motifs is 3. The predicted octanol–water partition coefficient (Wildman–Crippen LogP) is 4.52. The number of aromatic nitrogens is 3. The van der Waals surface area contributed by atoms with Crippen LogP contribution in [0.1, 0.15) is 17.1 Å². The number of benzene rings is 1. The second kappa shape index (κ2) is 5.38. The first-order valence-corrected chi connectivity index (χ1v) is 8.23. The standard InChI is InChI=1S/C17H14FN3OS/c1-10-7-14-16(22-10)8-15-17(20-19-11(2)21(14)15)23-9-12-5-3-4-6-13(12)18/h3-8H,9H2,1-2H3. The number of furan rings is 1. The fourth-order valence-electron chi connectivity index (χ4n) is 2.70. The van der Waals surface area contributed by atoms with Crippen molar-refractivity contribution in [1.29, 1.82) is 0 Å². The topological polar surface area (TPSA) is 43.3 Å². The second-order valence-corrected chi connectivity index (χ2v) is 6.37. The first kappa shape index (κ1) is 14.3. The summed E-state index contributed by atoms with van der Waals surface area (Å²) in [7, 11) is 0. The Hall–Kier alpha value is -2.34. The number of thioether (sulfide) groups is 1. The lowest BCUT2D eigenvalue weighted by Crippen LogP contribution is -2.00. The summed E-state index contributed by atoms with van der Waals surface area (Å²) in [6.07, 6.45) is 0. The minimum atomic E-state index is -0.198. The van der Waals surface area contributed by atoms with Crippen LogP contribution in [0.5, 0.6) is 0 Å². The van der Waals surface area contributed by atoms with E-state index >= 15 is 0 Å². The van der Waals surface area contributed by atoms with E-state index in [2.05, 4.69) is 10.2 Å². The van der Waals surface area contributed by atoms with Gasteiger partial charge in [0.05, 0.1) is 11.0 Å². The Balaban J connectivity index is 1.77. The Morgan fingerprint density at radius 2 is 1.96 bits per heavy atom. The highest BCUT2D eigenvalue weighted by atomic mass is 32.2. The van der Waals surface area contributed by atoms with Crippen molar-refractivity contribution in [1.82, 2.24) is 14.6 Å². The van der Waals surface area contributed by atoms with Crippen molar-refractivity contribution in [3.8, 4) is 0 Å². The van der Waals surface area contributed by atoms with Gasteiger partial charge in [0.15, 0.2) is 5.58 Å². The summed E-state index contributed by atoms with van der Waals surface area (Å²) >= 11 is 1.47. The number of halogens is 1. The van der Waals surface area contributed by atoms with E-state index in [1.165, 1.54) is 17.8 Å². The van der Waals surface area contributed by atoms with Gasteiger partial charge in [-0.05, 0) is 25.5 Å². The first-order valence-electron chi connectivity index (χ1n) is 7.24. The number of aryl methyl sites for hydroxylation is 2. The van der Waals surface area contributed by atoms with Gasteiger partial charge in [-0.2, -0.15) is 0 Å². The fraction of sp³-hybridized carbons (Fsp3) is 0.176. The van der Waals surface area contributed by atoms with Crippen molar-refractivity contribution >= 4 is 28.4 Å². The van der Waals surface area contributed by atoms with E-state index in [1.807, 2.05) is 36.4 Å². The summed E-state index contributed by atoms with van der Waals surface area (Å²) in [4.78, 5) is 0. The van der Waals surface area contributed by atoms with Crippen LogP contribution in [0.15, 0.2) is 45.8 Å². The van der Waals surface area contributed by atoms with E-state index in [0.29, 0.717) is 11.3 Å². The molecule has 0 fully saturated rings. The molecule has 0 bridgehead atoms. The molecule has 0 aliphatic carbocycles. The van der Waals surface area contributed by atoms with Crippen LogP contribution in [0.25, 0.3) is 16.6 Å². The third kappa shape index (κ3) is 2.39. The molecular weight excluding hydrogens is 313 g/mol.